The number of nitrogens with one attached hydrogen (secondary N) is 1. The predicted molar refractivity (Wildman–Crippen MR) is 80.7 cm³/mol. The SMILES string of the molecule is C1=CNC(c2ccc(-c3ccccc3)cc2)CCC1. The molecule has 1 heteroatoms. The first kappa shape index (κ1) is 12.0. The van der Waals surface area contributed by atoms with Gasteiger partial charge in [0.05, 0.1) is 6.04 Å². The zero-order valence-corrected chi connectivity index (χ0v) is 11.0. The van der Waals surface area contributed by atoms with E-state index in [9.17, 15) is 0 Å². The Balaban J connectivity index is 1.81. The van der Waals surface area contributed by atoms with E-state index in [4.69, 9.17) is 0 Å². The summed E-state index contributed by atoms with van der Waals surface area (Å²) in [5.41, 5.74) is 3.95. The zero-order chi connectivity index (χ0) is 12.9. The van der Waals surface area contributed by atoms with Gasteiger partial charge in [-0.25, -0.2) is 0 Å². The molecule has 0 radical (unpaired) electrons. The summed E-state index contributed by atoms with van der Waals surface area (Å²) in [4.78, 5) is 0. The molecule has 1 atom stereocenters. The van der Waals surface area contributed by atoms with Gasteiger partial charge in [0.1, 0.15) is 0 Å². The molecule has 0 aromatic heterocycles. The number of hydrogen-bond acceptors (Lipinski definition) is 1. The topological polar surface area (TPSA) is 12.0 Å². The molecule has 0 saturated heterocycles. The minimum atomic E-state index is 0.462. The average molecular weight is 249 g/mol. The van der Waals surface area contributed by atoms with Crippen LogP contribution in [0.2, 0.25) is 0 Å². The van der Waals surface area contributed by atoms with E-state index in [0.29, 0.717) is 6.04 Å². The molecule has 1 nitrogen and oxygen atoms in total. The van der Waals surface area contributed by atoms with Crippen molar-refractivity contribution < 1.29 is 0 Å². The van der Waals surface area contributed by atoms with Gasteiger partial charge < -0.3 is 5.32 Å². The van der Waals surface area contributed by atoms with Gasteiger partial charge in [-0.15, -0.1) is 0 Å². The molecule has 1 heterocycles. The van der Waals surface area contributed by atoms with Crippen molar-refractivity contribution >= 4 is 0 Å². The van der Waals surface area contributed by atoms with Gasteiger partial charge in [0, 0.05) is 0 Å². The average Bonchev–Trinajstić information content (AvgIpc) is 2.77. The van der Waals surface area contributed by atoms with Crippen molar-refractivity contribution in [1.82, 2.24) is 5.32 Å². The second-order valence-corrected chi connectivity index (χ2v) is 5.04. The van der Waals surface area contributed by atoms with E-state index in [1.165, 1.54) is 36.0 Å². The fourth-order valence-corrected chi connectivity index (χ4v) is 2.59. The molecule has 1 unspecified atom stereocenters. The lowest BCUT2D eigenvalue weighted by molar-refractivity contribution is 0.566. The van der Waals surface area contributed by atoms with Crippen LogP contribution in [0.25, 0.3) is 11.1 Å². The van der Waals surface area contributed by atoms with Crippen molar-refractivity contribution in [3.63, 3.8) is 0 Å². The molecule has 19 heavy (non-hydrogen) atoms. The van der Waals surface area contributed by atoms with E-state index in [-0.39, 0.29) is 0 Å². The summed E-state index contributed by atoms with van der Waals surface area (Å²) < 4.78 is 0. The molecule has 0 fully saturated rings. The highest BCUT2D eigenvalue weighted by Crippen LogP contribution is 2.25. The Morgan fingerprint density at radius 2 is 1.58 bits per heavy atom. The largest absolute Gasteiger partial charge is 0.384 e. The van der Waals surface area contributed by atoms with E-state index in [2.05, 4.69) is 72.2 Å². The quantitative estimate of drug-likeness (QED) is 0.814. The second-order valence-electron chi connectivity index (χ2n) is 5.04. The molecule has 2 aromatic carbocycles. The molecule has 1 aliphatic heterocycles. The van der Waals surface area contributed by atoms with Crippen LogP contribution < -0.4 is 5.32 Å². The van der Waals surface area contributed by atoms with E-state index in [1.807, 2.05) is 0 Å². The molecule has 2 aromatic rings. The van der Waals surface area contributed by atoms with Crippen LogP contribution in [0.15, 0.2) is 66.9 Å². The maximum atomic E-state index is 3.48. The summed E-state index contributed by atoms with van der Waals surface area (Å²) in [7, 11) is 0. The van der Waals surface area contributed by atoms with Crippen LogP contribution in [-0.4, -0.2) is 0 Å². The Morgan fingerprint density at radius 1 is 0.842 bits per heavy atom. The number of allylic oxidation sites excluding steroid dienone is 1. The summed E-state index contributed by atoms with van der Waals surface area (Å²) in [6, 6.07) is 19.9. The van der Waals surface area contributed by atoms with E-state index >= 15 is 0 Å². The first-order valence-electron chi connectivity index (χ1n) is 7.00. The first-order chi connectivity index (χ1) is 9.43. The van der Waals surface area contributed by atoms with Gasteiger partial charge in [-0.1, -0.05) is 60.7 Å². The van der Waals surface area contributed by atoms with Gasteiger partial charge in [0.2, 0.25) is 0 Å². The minimum Gasteiger partial charge on any atom is -0.384 e. The van der Waals surface area contributed by atoms with Crippen molar-refractivity contribution in [1.29, 1.82) is 0 Å². The maximum absolute atomic E-state index is 3.48. The Hall–Kier alpha value is -2.02. The van der Waals surface area contributed by atoms with Gasteiger partial charge in [-0.05, 0) is 42.2 Å². The molecule has 0 amide bonds. The summed E-state index contributed by atoms with van der Waals surface area (Å²) >= 11 is 0. The zero-order valence-electron chi connectivity index (χ0n) is 11.0. The van der Waals surface area contributed by atoms with Gasteiger partial charge in [0.25, 0.3) is 0 Å². The van der Waals surface area contributed by atoms with Crippen molar-refractivity contribution in [3.05, 3.63) is 72.4 Å². The van der Waals surface area contributed by atoms with Gasteiger partial charge in [0.15, 0.2) is 0 Å². The Labute approximate surface area is 115 Å². The fraction of sp³-hybridized carbons (Fsp3) is 0.222. The van der Waals surface area contributed by atoms with Gasteiger partial charge in [-0.2, -0.15) is 0 Å². The Bertz CT molecular complexity index is 540. The molecular formula is C18H19N. The van der Waals surface area contributed by atoms with Crippen LogP contribution >= 0.6 is 0 Å². The highest BCUT2D eigenvalue weighted by Gasteiger charge is 2.10. The Kier molecular flexibility index (Phi) is 3.64. The summed E-state index contributed by atoms with van der Waals surface area (Å²) in [5, 5.41) is 3.48. The van der Waals surface area contributed by atoms with Crippen LogP contribution in [0.3, 0.4) is 0 Å². The third-order valence-corrected chi connectivity index (χ3v) is 3.70. The van der Waals surface area contributed by atoms with E-state index in [1.54, 1.807) is 0 Å². The van der Waals surface area contributed by atoms with Crippen LogP contribution in [0.4, 0.5) is 0 Å². The summed E-state index contributed by atoms with van der Waals surface area (Å²) in [6.45, 7) is 0. The van der Waals surface area contributed by atoms with E-state index in [0.717, 1.165) is 0 Å². The van der Waals surface area contributed by atoms with Crippen LogP contribution in [-0.2, 0) is 0 Å². The molecule has 1 N–H and O–H groups in total. The fourth-order valence-electron chi connectivity index (χ4n) is 2.59. The van der Waals surface area contributed by atoms with Crippen molar-refractivity contribution in [3.8, 4) is 11.1 Å². The molecule has 0 saturated carbocycles. The van der Waals surface area contributed by atoms with Crippen molar-refractivity contribution in [2.75, 3.05) is 0 Å². The third-order valence-electron chi connectivity index (χ3n) is 3.70. The van der Waals surface area contributed by atoms with Crippen molar-refractivity contribution in [2.45, 2.75) is 25.3 Å². The van der Waals surface area contributed by atoms with Gasteiger partial charge in [-0.3, -0.25) is 0 Å². The Morgan fingerprint density at radius 3 is 2.37 bits per heavy atom. The molecule has 3 rings (SSSR count). The number of rotatable bonds is 2. The van der Waals surface area contributed by atoms with Gasteiger partial charge >= 0.3 is 0 Å². The molecule has 0 aliphatic carbocycles. The lowest BCUT2D eigenvalue weighted by atomic mass is 9.98. The van der Waals surface area contributed by atoms with Crippen LogP contribution in [0, 0.1) is 0 Å². The number of benzene rings is 2. The highest BCUT2D eigenvalue weighted by molar-refractivity contribution is 5.63. The van der Waals surface area contributed by atoms with Crippen molar-refractivity contribution in [2.24, 2.45) is 0 Å². The lowest BCUT2D eigenvalue weighted by Crippen LogP contribution is -2.13. The van der Waals surface area contributed by atoms with Crippen LogP contribution in [0.5, 0.6) is 0 Å². The molecule has 0 spiro atoms. The molecule has 1 aliphatic rings. The normalized spacial score (nSPS) is 18.6. The molecular weight excluding hydrogens is 230 g/mol. The number of hydrogen-bond donors (Lipinski definition) is 1. The summed E-state index contributed by atoms with van der Waals surface area (Å²) in [5.74, 6) is 0. The first-order valence-corrected chi connectivity index (χ1v) is 7.00. The molecule has 96 valence electrons. The second kappa shape index (κ2) is 5.75. The maximum Gasteiger partial charge on any atom is 0.0508 e. The smallest absolute Gasteiger partial charge is 0.0508 e. The van der Waals surface area contributed by atoms with E-state index < -0.39 is 0 Å². The molecule has 0 bridgehead atoms. The standard InChI is InChI=1S/C18H19N/c1-3-7-15(8-4-1)16-10-12-17(13-11-16)18-9-5-2-6-14-19-18/h1,3-4,6-8,10-14,18-19H,2,5,9H2. The highest BCUT2D eigenvalue weighted by atomic mass is 14.9. The third kappa shape index (κ3) is 2.87. The monoisotopic (exact) mass is 249 g/mol. The minimum absolute atomic E-state index is 0.462. The lowest BCUT2D eigenvalue weighted by Gasteiger charge is -2.16. The predicted octanol–water partition coefficient (Wildman–Crippen LogP) is 4.68. The summed E-state index contributed by atoms with van der Waals surface area (Å²) in [6.07, 6.45) is 7.97. The van der Waals surface area contributed by atoms with Crippen LogP contribution in [0.1, 0.15) is 30.9 Å².